The van der Waals surface area contributed by atoms with Crippen LogP contribution in [0.3, 0.4) is 0 Å². The van der Waals surface area contributed by atoms with Gasteiger partial charge in [-0.2, -0.15) is 0 Å². The molecule has 0 atom stereocenters. The van der Waals surface area contributed by atoms with Gasteiger partial charge in [0.25, 0.3) is 0 Å². The van der Waals surface area contributed by atoms with E-state index in [4.69, 9.17) is 9.47 Å². The molecule has 0 saturated carbocycles. The standard InChI is InChI=1S/C22H15NO4/c24-21-19(26-17-12-6-2-7-13-17)20(27-18-14-8-3-9-15-18)22(25)23(21)16-10-4-1-5-11-16/h1-15H. The smallest absolute Gasteiger partial charge is 0.305 e. The van der Waals surface area contributed by atoms with Crippen LogP contribution >= 0.6 is 0 Å². The summed E-state index contributed by atoms with van der Waals surface area (Å²) in [6.45, 7) is 0. The summed E-state index contributed by atoms with van der Waals surface area (Å²) in [6, 6.07) is 26.3. The minimum absolute atomic E-state index is 0.140. The second-order valence-corrected chi connectivity index (χ2v) is 5.77. The number of anilines is 1. The molecule has 0 aromatic heterocycles. The predicted octanol–water partition coefficient (Wildman–Crippen LogP) is 3.93. The number of amides is 2. The number of carbonyl (C=O) groups excluding carboxylic acids is 2. The van der Waals surface area contributed by atoms with Crippen molar-refractivity contribution in [2.75, 3.05) is 4.90 Å². The Labute approximate surface area is 156 Å². The van der Waals surface area contributed by atoms with Gasteiger partial charge in [0, 0.05) is 0 Å². The number of benzene rings is 3. The van der Waals surface area contributed by atoms with E-state index in [9.17, 15) is 9.59 Å². The molecule has 2 amide bonds. The Hall–Kier alpha value is -3.86. The zero-order chi connectivity index (χ0) is 18.6. The number of imide groups is 1. The summed E-state index contributed by atoms with van der Waals surface area (Å²) in [7, 11) is 0. The molecule has 3 aromatic rings. The van der Waals surface area contributed by atoms with Crippen molar-refractivity contribution in [2.45, 2.75) is 0 Å². The van der Waals surface area contributed by atoms with Crippen molar-refractivity contribution in [3.63, 3.8) is 0 Å². The third-order valence-corrected chi connectivity index (χ3v) is 3.94. The molecule has 0 unspecified atom stereocenters. The first-order chi connectivity index (χ1) is 13.2. The quantitative estimate of drug-likeness (QED) is 0.649. The summed E-state index contributed by atoms with van der Waals surface area (Å²) in [4.78, 5) is 27.0. The molecule has 5 nitrogen and oxygen atoms in total. The van der Waals surface area contributed by atoms with Crippen LogP contribution < -0.4 is 14.4 Å². The minimum Gasteiger partial charge on any atom is -0.447 e. The fraction of sp³-hybridized carbons (Fsp3) is 0. The fourth-order valence-electron chi connectivity index (χ4n) is 2.69. The minimum atomic E-state index is -0.569. The highest BCUT2D eigenvalue weighted by Crippen LogP contribution is 2.30. The van der Waals surface area contributed by atoms with Crippen LogP contribution in [0.4, 0.5) is 5.69 Å². The number of para-hydroxylation sites is 3. The molecule has 1 aliphatic heterocycles. The molecule has 0 bridgehead atoms. The highest BCUT2D eigenvalue weighted by atomic mass is 16.5. The van der Waals surface area contributed by atoms with Gasteiger partial charge in [-0.05, 0) is 36.4 Å². The van der Waals surface area contributed by atoms with Crippen LogP contribution in [0.15, 0.2) is 103 Å². The molecule has 4 rings (SSSR count). The molecule has 5 heteroatoms. The lowest BCUT2D eigenvalue weighted by Gasteiger charge is -2.14. The predicted molar refractivity (Wildman–Crippen MR) is 100 cm³/mol. The van der Waals surface area contributed by atoms with E-state index in [-0.39, 0.29) is 11.5 Å². The van der Waals surface area contributed by atoms with E-state index in [0.717, 1.165) is 4.90 Å². The number of rotatable bonds is 5. The molecule has 1 aliphatic rings. The van der Waals surface area contributed by atoms with Crippen molar-refractivity contribution in [3.05, 3.63) is 103 Å². The summed E-state index contributed by atoms with van der Waals surface area (Å²) >= 11 is 0. The molecule has 132 valence electrons. The molecule has 0 saturated heterocycles. The highest BCUT2D eigenvalue weighted by Gasteiger charge is 2.43. The second-order valence-electron chi connectivity index (χ2n) is 5.77. The Morgan fingerprint density at radius 2 is 0.889 bits per heavy atom. The van der Waals surface area contributed by atoms with E-state index in [1.54, 1.807) is 72.8 Å². The van der Waals surface area contributed by atoms with Gasteiger partial charge in [0.15, 0.2) is 0 Å². The van der Waals surface area contributed by atoms with E-state index >= 15 is 0 Å². The topological polar surface area (TPSA) is 55.8 Å². The van der Waals surface area contributed by atoms with Crippen LogP contribution in [0.25, 0.3) is 0 Å². The third kappa shape index (κ3) is 3.30. The Balaban J connectivity index is 1.74. The van der Waals surface area contributed by atoms with E-state index < -0.39 is 11.8 Å². The molecular weight excluding hydrogens is 342 g/mol. The van der Waals surface area contributed by atoms with Crippen molar-refractivity contribution in [3.8, 4) is 11.5 Å². The normalized spacial score (nSPS) is 13.9. The zero-order valence-electron chi connectivity index (χ0n) is 14.2. The first-order valence-corrected chi connectivity index (χ1v) is 8.38. The first kappa shape index (κ1) is 16.6. The van der Waals surface area contributed by atoms with E-state index in [1.807, 2.05) is 18.2 Å². The number of hydrogen-bond acceptors (Lipinski definition) is 4. The number of carbonyl (C=O) groups is 2. The van der Waals surface area contributed by atoms with Gasteiger partial charge < -0.3 is 9.47 Å². The van der Waals surface area contributed by atoms with Crippen LogP contribution in [0, 0.1) is 0 Å². The maximum atomic E-state index is 13.0. The Bertz CT molecular complexity index is 935. The SMILES string of the molecule is O=C1C(Oc2ccccc2)=C(Oc2ccccc2)C(=O)N1c1ccccc1. The van der Waals surface area contributed by atoms with Crippen molar-refractivity contribution in [2.24, 2.45) is 0 Å². The summed E-state index contributed by atoms with van der Waals surface area (Å²) in [5.41, 5.74) is 0.452. The van der Waals surface area contributed by atoms with Crippen LogP contribution in [0.1, 0.15) is 0 Å². The van der Waals surface area contributed by atoms with Crippen molar-refractivity contribution in [1.82, 2.24) is 0 Å². The van der Waals surface area contributed by atoms with E-state index in [2.05, 4.69) is 0 Å². The molecule has 3 aromatic carbocycles. The van der Waals surface area contributed by atoms with Gasteiger partial charge in [0.05, 0.1) is 5.69 Å². The lowest BCUT2D eigenvalue weighted by molar-refractivity contribution is -0.121. The summed E-state index contributed by atoms with van der Waals surface area (Å²) in [5, 5.41) is 0. The average molecular weight is 357 g/mol. The van der Waals surface area contributed by atoms with Crippen LogP contribution in [-0.2, 0) is 9.59 Å². The van der Waals surface area contributed by atoms with Crippen molar-refractivity contribution >= 4 is 17.5 Å². The molecule has 0 fully saturated rings. The first-order valence-electron chi connectivity index (χ1n) is 8.38. The largest absolute Gasteiger partial charge is 0.447 e. The number of nitrogens with zero attached hydrogens (tertiary/aromatic N) is 1. The molecule has 0 spiro atoms. The summed E-state index contributed by atoms with van der Waals surface area (Å²) in [5.74, 6) is -0.532. The van der Waals surface area contributed by atoms with Gasteiger partial charge >= 0.3 is 11.8 Å². The van der Waals surface area contributed by atoms with Crippen LogP contribution in [0.2, 0.25) is 0 Å². The molecule has 1 heterocycles. The molecule has 0 aliphatic carbocycles. The van der Waals surface area contributed by atoms with Crippen LogP contribution in [-0.4, -0.2) is 11.8 Å². The third-order valence-electron chi connectivity index (χ3n) is 3.94. The second kappa shape index (κ2) is 7.17. The van der Waals surface area contributed by atoms with Gasteiger partial charge in [-0.3, -0.25) is 9.59 Å². The Kier molecular flexibility index (Phi) is 4.41. The monoisotopic (exact) mass is 357 g/mol. The number of ether oxygens (including phenoxy) is 2. The van der Waals surface area contributed by atoms with E-state index in [1.165, 1.54) is 0 Å². The fourth-order valence-corrected chi connectivity index (χ4v) is 2.69. The summed E-state index contributed by atoms with van der Waals surface area (Å²) < 4.78 is 11.5. The zero-order valence-corrected chi connectivity index (χ0v) is 14.2. The Morgan fingerprint density at radius 1 is 0.519 bits per heavy atom. The van der Waals surface area contributed by atoms with Crippen molar-refractivity contribution in [1.29, 1.82) is 0 Å². The highest BCUT2D eigenvalue weighted by molar-refractivity contribution is 6.31. The maximum Gasteiger partial charge on any atom is 0.305 e. The van der Waals surface area contributed by atoms with Gasteiger partial charge in [-0.25, -0.2) is 4.90 Å². The molecule has 27 heavy (non-hydrogen) atoms. The molecule has 0 radical (unpaired) electrons. The maximum absolute atomic E-state index is 13.0. The Morgan fingerprint density at radius 3 is 1.30 bits per heavy atom. The lowest BCUT2D eigenvalue weighted by Crippen LogP contribution is -2.32. The van der Waals surface area contributed by atoms with E-state index in [0.29, 0.717) is 17.2 Å². The van der Waals surface area contributed by atoms with Gasteiger partial charge in [-0.15, -0.1) is 0 Å². The lowest BCUT2D eigenvalue weighted by atomic mass is 10.3. The molecule has 0 N–H and O–H groups in total. The van der Waals surface area contributed by atoms with Crippen LogP contribution in [0.5, 0.6) is 11.5 Å². The molecular formula is C22H15NO4. The van der Waals surface area contributed by atoms with Gasteiger partial charge in [0.1, 0.15) is 11.5 Å². The average Bonchev–Trinajstić information content (AvgIpc) is 2.94. The summed E-state index contributed by atoms with van der Waals surface area (Å²) in [6.07, 6.45) is 0. The van der Waals surface area contributed by atoms with Crippen molar-refractivity contribution < 1.29 is 19.1 Å². The number of hydrogen-bond donors (Lipinski definition) is 0. The van der Waals surface area contributed by atoms with Gasteiger partial charge in [0.2, 0.25) is 11.5 Å². The van der Waals surface area contributed by atoms with Gasteiger partial charge in [-0.1, -0.05) is 54.6 Å².